The Kier molecular flexibility index (Phi) is 5.72. The van der Waals surface area contributed by atoms with E-state index in [9.17, 15) is 4.79 Å². The number of hydrogen-bond donors (Lipinski definition) is 0. The summed E-state index contributed by atoms with van der Waals surface area (Å²) in [6, 6.07) is 16.5. The lowest BCUT2D eigenvalue weighted by molar-refractivity contribution is -0.116. The number of carbonyl (C=O) groups excluding carboxylic acids is 1. The summed E-state index contributed by atoms with van der Waals surface area (Å²) in [7, 11) is 0. The molecule has 29 heavy (non-hydrogen) atoms. The number of carbonyl (C=O) groups is 1. The highest BCUT2D eigenvalue weighted by atomic mass is 32.2. The molecule has 0 N–H and O–H groups in total. The Bertz CT molecular complexity index is 1010. The first-order chi connectivity index (χ1) is 14.0. The van der Waals surface area contributed by atoms with Crippen LogP contribution in [0.4, 0.5) is 5.69 Å². The number of benzene rings is 2. The van der Waals surface area contributed by atoms with Gasteiger partial charge in [0.2, 0.25) is 5.91 Å². The Labute approximate surface area is 176 Å². The molecule has 1 amide bonds. The number of amides is 1. The summed E-state index contributed by atoms with van der Waals surface area (Å²) in [6.45, 7) is 8.01. The molecular formula is C23H26N4OS. The van der Waals surface area contributed by atoms with E-state index in [0.717, 1.165) is 41.7 Å². The van der Waals surface area contributed by atoms with Crippen LogP contribution in [0.15, 0.2) is 53.7 Å². The van der Waals surface area contributed by atoms with Gasteiger partial charge in [-0.1, -0.05) is 73.6 Å². The van der Waals surface area contributed by atoms with Crippen molar-refractivity contribution in [2.45, 2.75) is 38.9 Å². The zero-order valence-corrected chi connectivity index (χ0v) is 17.9. The molecule has 0 fully saturated rings. The van der Waals surface area contributed by atoms with E-state index >= 15 is 0 Å². The van der Waals surface area contributed by atoms with Crippen molar-refractivity contribution in [1.82, 2.24) is 14.8 Å². The number of rotatable bonds is 6. The smallest absolute Gasteiger partial charge is 0.237 e. The molecule has 0 atom stereocenters. The van der Waals surface area contributed by atoms with Crippen LogP contribution in [0.2, 0.25) is 0 Å². The van der Waals surface area contributed by atoms with Gasteiger partial charge in [0.15, 0.2) is 11.0 Å². The van der Waals surface area contributed by atoms with Crippen LogP contribution in [-0.4, -0.2) is 33.0 Å². The predicted octanol–water partition coefficient (Wildman–Crippen LogP) is 4.59. The number of anilines is 1. The minimum atomic E-state index is 0.121. The van der Waals surface area contributed by atoms with Crippen molar-refractivity contribution in [3.63, 3.8) is 0 Å². The molecule has 0 unspecified atom stereocenters. The number of fused-ring (bicyclic) bond motifs is 1. The maximum absolute atomic E-state index is 12.9. The van der Waals surface area contributed by atoms with Crippen molar-refractivity contribution in [2.75, 3.05) is 17.2 Å². The van der Waals surface area contributed by atoms with Crippen LogP contribution < -0.4 is 4.90 Å². The van der Waals surface area contributed by atoms with Crippen LogP contribution in [0.5, 0.6) is 0 Å². The SMILES string of the molecule is Cc1ccc(-c2nnc(SCC(=O)N3CCc4ccccc43)n2CC(C)C)cc1. The minimum Gasteiger partial charge on any atom is -0.311 e. The number of para-hydroxylation sites is 1. The number of hydrogen-bond acceptors (Lipinski definition) is 4. The molecule has 6 heteroatoms. The van der Waals surface area contributed by atoms with Crippen molar-refractivity contribution in [3.8, 4) is 11.4 Å². The Hall–Kier alpha value is -2.60. The highest BCUT2D eigenvalue weighted by Gasteiger charge is 2.25. The van der Waals surface area contributed by atoms with Gasteiger partial charge in [-0.25, -0.2) is 0 Å². The molecule has 3 aromatic rings. The van der Waals surface area contributed by atoms with Crippen LogP contribution in [0, 0.1) is 12.8 Å². The molecule has 0 saturated carbocycles. The van der Waals surface area contributed by atoms with Gasteiger partial charge in [0.25, 0.3) is 0 Å². The quantitative estimate of drug-likeness (QED) is 0.562. The summed E-state index contributed by atoms with van der Waals surface area (Å²) in [5.74, 6) is 1.80. The fourth-order valence-corrected chi connectivity index (χ4v) is 4.47. The number of aryl methyl sites for hydroxylation is 1. The molecule has 0 bridgehead atoms. The Morgan fingerprint density at radius 3 is 2.62 bits per heavy atom. The number of nitrogens with zero attached hydrogens (tertiary/aromatic N) is 4. The van der Waals surface area contributed by atoms with E-state index < -0.39 is 0 Å². The third kappa shape index (κ3) is 4.22. The highest BCUT2D eigenvalue weighted by molar-refractivity contribution is 7.99. The first kappa shape index (κ1) is 19.7. The minimum absolute atomic E-state index is 0.121. The van der Waals surface area contributed by atoms with Crippen LogP contribution in [0.25, 0.3) is 11.4 Å². The van der Waals surface area contributed by atoms with Gasteiger partial charge in [-0.2, -0.15) is 0 Å². The van der Waals surface area contributed by atoms with Crippen molar-refractivity contribution in [1.29, 1.82) is 0 Å². The first-order valence-electron chi connectivity index (χ1n) is 10.0. The topological polar surface area (TPSA) is 51.0 Å². The second-order valence-electron chi connectivity index (χ2n) is 7.89. The van der Waals surface area contributed by atoms with Gasteiger partial charge in [0.05, 0.1) is 5.75 Å². The fraction of sp³-hybridized carbons (Fsp3) is 0.348. The molecule has 1 aromatic heterocycles. The van der Waals surface area contributed by atoms with Gasteiger partial charge < -0.3 is 9.47 Å². The summed E-state index contributed by atoms with van der Waals surface area (Å²) < 4.78 is 2.14. The molecule has 150 valence electrons. The monoisotopic (exact) mass is 406 g/mol. The van der Waals surface area contributed by atoms with E-state index in [1.165, 1.54) is 22.9 Å². The van der Waals surface area contributed by atoms with Gasteiger partial charge in [-0.05, 0) is 30.9 Å². The zero-order valence-electron chi connectivity index (χ0n) is 17.1. The lowest BCUT2D eigenvalue weighted by atomic mass is 10.1. The van der Waals surface area contributed by atoms with Gasteiger partial charge in [-0.15, -0.1) is 10.2 Å². The zero-order chi connectivity index (χ0) is 20.4. The summed E-state index contributed by atoms with van der Waals surface area (Å²) in [5, 5.41) is 9.66. The van der Waals surface area contributed by atoms with Gasteiger partial charge in [0, 0.05) is 24.3 Å². The molecule has 1 aliphatic heterocycles. The second-order valence-corrected chi connectivity index (χ2v) is 8.83. The average Bonchev–Trinajstić information content (AvgIpc) is 3.31. The van der Waals surface area contributed by atoms with E-state index in [-0.39, 0.29) is 5.91 Å². The molecule has 5 nitrogen and oxygen atoms in total. The molecule has 2 heterocycles. The van der Waals surface area contributed by atoms with Crippen molar-refractivity contribution in [3.05, 3.63) is 59.7 Å². The van der Waals surface area contributed by atoms with Crippen molar-refractivity contribution >= 4 is 23.4 Å². The second kappa shape index (κ2) is 8.41. The summed E-state index contributed by atoms with van der Waals surface area (Å²) in [6.07, 6.45) is 0.924. The van der Waals surface area contributed by atoms with E-state index in [1.807, 2.05) is 23.1 Å². The van der Waals surface area contributed by atoms with Gasteiger partial charge in [0.1, 0.15) is 0 Å². The molecule has 0 spiro atoms. The standard InChI is InChI=1S/C23H26N4OS/c1-16(2)14-27-22(19-10-8-17(3)9-11-19)24-25-23(27)29-15-21(28)26-13-12-18-6-4-5-7-20(18)26/h4-11,16H,12-15H2,1-3H3. The van der Waals surface area contributed by atoms with Crippen LogP contribution in [0.1, 0.15) is 25.0 Å². The lowest BCUT2D eigenvalue weighted by Gasteiger charge is -2.17. The van der Waals surface area contributed by atoms with E-state index in [4.69, 9.17) is 0 Å². The number of thioether (sulfide) groups is 1. The molecule has 2 aromatic carbocycles. The Morgan fingerprint density at radius 2 is 1.86 bits per heavy atom. The summed E-state index contributed by atoms with van der Waals surface area (Å²) in [5.41, 5.74) is 4.56. The van der Waals surface area contributed by atoms with Crippen LogP contribution in [-0.2, 0) is 17.8 Å². The van der Waals surface area contributed by atoms with E-state index in [2.05, 4.69) is 65.9 Å². The maximum Gasteiger partial charge on any atom is 0.237 e. The van der Waals surface area contributed by atoms with Gasteiger partial charge in [-0.3, -0.25) is 4.79 Å². The average molecular weight is 407 g/mol. The predicted molar refractivity (Wildman–Crippen MR) is 118 cm³/mol. The van der Waals surface area contributed by atoms with Crippen molar-refractivity contribution in [2.24, 2.45) is 5.92 Å². The van der Waals surface area contributed by atoms with E-state index in [1.54, 1.807) is 0 Å². The molecule has 0 aliphatic carbocycles. The van der Waals surface area contributed by atoms with Gasteiger partial charge >= 0.3 is 0 Å². The van der Waals surface area contributed by atoms with Crippen LogP contribution >= 0.6 is 11.8 Å². The molecule has 0 saturated heterocycles. The molecular weight excluding hydrogens is 380 g/mol. The Morgan fingerprint density at radius 1 is 1.10 bits per heavy atom. The molecule has 0 radical (unpaired) electrons. The molecule has 4 rings (SSSR count). The Balaban J connectivity index is 1.53. The van der Waals surface area contributed by atoms with Crippen molar-refractivity contribution < 1.29 is 4.79 Å². The largest absolute Gasteiger partial charge is 0.311 e. The summed E-state index contributed by atoms with van der Waals surface area (Å²) >= 11 is 1.48. The first-order valence-corrected chi connectivity index (χ1v) is 11.0. The van der Waals surface area contributed by atoms with Crippen LogP contribution in [0.3, 0.4) is 0 Å². The summed E-state index contributed by atoms with van der Waals surface area (Å²) in [4.78, 5) is 14.8. The molecule has 1 aliphatic rings. The lowest BCUT2D eigenvalue weighted by Crippen LogP contribution is -2.30. The normalized spacial score (nSPS) is 13.2. The highest BCUT2D eigenvalue weighted by Crippen LogP contribution is 2.30. The van der Waals surface area contributed by atoms with E-state index in [0.29, 0.717) is 11.7 Å². The third-order valence-corrected chi connectivity index (χ3v) is 6.04. The third-order valence-electron chi connectivity index (χ3n) is 5.09. The fourth-order valence-electron chi connectivity index (χ4n) is 3.64. The maximum atomic E-state index is 12.9. The number of aromatic nitrogens is 3.